The van der Waals surface area contributed by atoms with Crippen LogP contribution in [0.1, 0.15) is 23.6 Å². The van der Waals surface area contributed by atoms with E-state index in [0.29, 0.717) is 12.2 Å². The Labute approximate surface area is 152 Å². The van der Waals surface area contributed by atoms with Gasteiger partial charge in [0.1, 0.15) is 0 Å². The van der Waals surface area contributed by atoms with Gasteiger partial charge in [-0.25, -0.2) is 4.90 Å². The van der Waals surface area contributed by atoms with Crippen LogP contribution in [0.4, 0.5) is 5.69 Å². The summed E-state index contributed by atoms with van der Waals surface area (Å²) in [5.41, 5.74) is 3.95. The zero-order valence-electron chi connectivity index (χ0n) is 14.8. The Morgan fingerprint density at radius 1 is 0.923 bits per heavy atom. The van der Waals surface area contributed by atoms with Crippen LogP contribution < -0.4 is 4.90 Å². The highest BCUT2D eigenvalue weighted by Crippen LogP contribution is 2.32. The molecule has 0 spiro atoms. The van der Waals surface area contributed by atoms with Gasteiger partial charge in [-0.1, -0.05) is 54.1 Å². The van der Waals surface area contributed by atoms with Crippen LogP contribution in [-0.2, 0) is 22.6 Å². The van der Waals surface area contributed by atoms with Gasteiger partial charge in [-0.3, -0.25) is 14.6 Å². The van der Waals surface area contributed by atoms with Crippen molar-refractivity contribution in [2.75, 3.05) is 4.90 Å². The number of aryl methyl sites for hydroxylation is 2. The number of nitrogens with zero attached hydrogens (tertiary/aromatic N) is 4. The lowest BCUT2D eigenvalue weighted by Crippen LogP contribution is -2.39. The van der Waals surface area contributed by atoms with Gasteiger partial charge in [-0.05, 0) is 36.6 Å². The summed E-state index contributed by atoms with van der Waals surface area (Å²) in [5, 5.41) is 9.78. The van der Waals surface area contributed by atoms with Crippen LogP contribution in [-0.4, -0.2) is 28.9 Å². The molecule has 2 aromatic rings. The van der Waals surface area contributed by atoms with E-state index < -0.39 is 12.1 Å². The molecule has 0 aliphatic carbocycles. The molecule has 2 heterocycles. The number of carbonyl (C=O) groups excluding carboxylic acids is 2. The van der Waals surface area contributed by atoms with E-state index in [-0.39, 0.29) is 11.8 Å². The third kappa shape index (κ3) is 2.67. The number of hydrogen-bond donors (Lipinski definition) is 0. The minimum absolute atomic E-state index is 0.263. The molecule has 0 aromatic heterocycles. The summed E-state index contributed by atoms with van der Waals surface area (Å²) in [4.78, 5) is 26.9. The van der Waals surface area contributed by atoms with Gasteiger partial charge >= 0.3 is 0 Å². The molecule has 2 amide bonds. The second-order valence-electron chi connectivity index (χ2n) is 6.71. The predicted octanol–water partition coefficient (Wildman–Crippen LogP) is 3.05. The minimum atomic E-state index is -0.751. The van der Waals surface area contributed by atoms with Crippen LogP contribution >= 0.6 is 0 Å². The number of imide groups is 1. The number of benzene rings is 2. The van der Waals surface area contributed by atoms with Crippen molar-refractivity contribution in [3.8, 4) is 0 Å². The van der Waals surface area contributed by atoms with Crippen molar-refractivity contribution in [3.63, 3.8) is 0 Å². The van der Waals surface area contributed by atoms with Crippen molar-refractivity contribution in [2.45, 2.75) is 38.9 Å². The minimum Gasteiger partial charge on any atom is -0.271 e. The Kier molecular flexibility index (Phi) is 4.03. The van der Waals surface area contributed by atoms with E-state index in [1.165, 1.54) is 10.5 Å². The average Bonchev–Trinajstić information content (AvgIpc) is 3.17. The SMILES string of the molecule is CCc1ccc(N2C(=O)[C@H]3N=NN(Cc4ccc(C)cc4)[C@H]3C2=O)cc1. The molecule has 0 radical (unpaired) electrons. The highest BCUT2D eigenvalue weighted by molar-refractivity contribution is 6.25. The summed E-state index contributed by atoms with van der Waals surface area (Å²) in [6.45, 7) is 4.54. The summed E-state index contributed by atoms with van der Waals surface area (Å²) in [6, 6.07) is 14.1. The second-order valence-corrected chi connectivity index (χ2v) is 6.71. The molecule has 2 aromatic carbocycles. The number of rotatable bonds is 4. The van der Waals surface area contributed by atoms with Gasteiger partial charge in [0.2, 0.25) is 0 Å². The molecule has 2 atom stereocenters. The Morgan fingerprint density at radius 3 is 2.23 bits per heavy atom. The van der Waals surface area contributed by atoms with Crippen LogP contribution in [0.5, 0.6) is 0 Å². The van der Waals surface area contributed by atoms with Crippen LogP contribution in [0, 0.1) is 6.92 Å². The van der Waals surface area contributed by atoms with Gasteiger partial charge in [0, 0.05) is 0 Å². The van der Waals surface area contributed by atoms with E-state index in [2.05, 4.69) is 17.3 Å². The van der Waals surface area contributed by atoms with Crippen molar-refractivity contribution in [3.05, 3.63) is 65.2 Å². The van der Waals surface area contributed by atoms with Gasteiger partial charge < -0.3 is 0 Å². The smallest absolute Gasteiger partial charge is 0.263 e. The third-order valence-electron chi connectivity index (χ3n) is 4.93. The molecule has 132 valence electrons. The fraction of sp³-hybridized carbons (Fsp3) is 0.300. The van der Waals surface area contributed by atoms with E-state index in [1.807, 2.05) is 55.5 Å². The molecule has 0 bridgehead atoms. The highest BCUT2D eigenvalue weighted by atomic mass is 16.2. The maximum atomic E-state index is 13.0. The standard InChI is InChI=1S/C20H20N4O2/c1-3-14-8-10-16(11-9-14)24-19(25)17-18(20(24)26)23(22-21-17)12-15-6-4-13(2)5-7-15/h4-11,17-18H,3,12H2,1-2H3/t17-,18+/m0/s1. The quantitative estimate of drug-likeness (QED) is 0.798. The van der Waals surface area contributed by atoms with E-state index in [0.717, 1.165) is 17.5 Å². The topological polar surface area (TPSA) is 65.3 Å². The molecule has 2 aliphatic rings. The molecule has 6 heteroatoms. The molecule has 1 saturated heterocycles. The Morgan fingerprint density at radius 2 is 1.58 bits per heavy atom. The first-order valence-electron chi connectivity index (χ1n) is 8.78. The van der Waals surface area contributed by atoms with Crippen LogP contribution in [0.25, 0.3) is 0 Å². The lowest BCUT2D eigenvalue weighted by molar-refractivity contribution is -0.123. The first kappa shape index (κ1) is 16.4. The fourth-order valence-electron chi connectivity index (χ4n) is 3.37. The molecular weight excluding hydrogens is 328 g/mol. The fourth-order valence-corrected chi connectivity index (χ4v) is 3.37. The summed E-state index contributed by atoms with van der Waals surface area (Å²) >= 11 is 0. The predicted molar refractivity (Wildman–Crippen MR) is 97.5 cm³/mol. The maximum absolute atomic E-state index is 13.0. The maximum Gasteiger partial charge on any atom is 0.263 e. The third-order valence-corrected chi connectivity index (χ3v) is 4.93. The monoisotopic (exact) mass is 348 g/mol. The number of anilines is 1. The summed E-state index contributed by atoms with van der Waals surface area (Å²) < 4.78 is 0. The van der Waals surface area contributed by atoms with Crippen LogP contribution in [0.3, 0.4) is 0 Å². The number of hydrogen-bond acceptors (Lipinski definition) is 5. The first-order valence-corrected chi connectivity index (χ1v) is 8.78. The number of carbonyl (C=O) groups is 2. The van der Waals surface area contributed by atoms with Crippen molar-refractivity contribution < 1.29 is 9.59 Å². The van der Waals surface area contributed by atoms with Crippen molar-refractivity contribution >= 4 is 17.5 Å². The van der Waals surface area contributed by atoms with Gasteiger partial charge in [0.05, 0.1) is 12.2 Å². The summed E-state index contributed by atoms with van der Waals surface area (Å²) in [7, 11) is 0. The average molecular weight is 348 g/mol. The van der Waals surface area contributed by atoms with E-state index >= 15 is 0 Å². The Hall–Kier alpha value is -3.02. The van der Waals surface area contributed by atoms with Crippen molar-refractivity contribution in [1.29, 1.82) is 0 Å². The van der Waals surface area contributed by atoms with Gasteiger partial charge in [-0.2, -0.15) is 5.11 Å². The Bertz CT molecular complexity index is 874. The zero-order valence-corrected chi connectivity index (χ0v) is 14.8. The largest absolute Gasteiger partial charge is 0.271 e. The van der Waals surface area contributed by atoms with Gasteiger partial charge in [-0.15, -0.1) is 0 Å². The lowest BCUT2D eigenvalue weighted by atomic mass is 10.1. The number of amides is 2. The second kappa shape index (κ2) is 6.37. The molecule has 4 rings (SSSR count). The number of fused-ring (bicyclic) bond motifs is 1. The van der Waals surface area contributed by atoms with Crippen molar-refractivity contribution in [1.82, 2.24) is 5.01 Å². The normalized spacial score (nSPS) is 21.6. The molecule has 0 unspecified atom stereocenters. The van der Waals surface area contributed by atoms with Crippen LogP contribution in [0.15, 0.2) is 58.9 Å². The molecule has 2 aliphatic heterocycles. The zero-order chi connectivity index (χ0) is 18.3. The molecular formula is C20H20N4O2. The van der Waals surface area contributed by atoms with Crippen molar-refractivity contribution in [2.24, 2.45) is 10.3 Å². The highest BCUT2D eigenvalue weighted by Gasteiger charge is 2.54. The molecule has 0 saturated carbocycles. The van der Waals surface area contributed by atoms with E-state index in [1.54, 1.807) is 5.01 Å². The van der Waals surface area contributed by atoms with Gasteiger partial charge in [0.15, 0.2) is 12.1 Å². The first-order chi connectivity index (χ1) is 12.6. The molecule has 6 nitrogen and oxygen atoms in total. The lowest BCUT2D eigenvalue weighted by Gasteiger charge is -2.20. The van der Waals surface area contributed by atoms with Gasteiger partial charge in [0.25, 0.3) is 11.8 Å². The van der Waals surface area contributed by atoms with E-state index in [9.17, 15) is 9.59 Å². The van der Waals surface area contributed by atoms with Crippen LogP contribution in [0.2, 0.25) is 0 Å². The summed E-state index contributed by atoms with van der Waals surface area (Å²) in [6.07, 6.45) is 0.909. The summed E-state index contributed by atoms with van der Waals surface area (Å²) in [5.74, 6) is -0.569. The van der Waals surface area contributed by atoms with E-state index in [4.69, 9.17) is 0 Å². The Balaban J connectivity index is 1.57. The molecule has 0 N–H and O–H groups in total. The molecule has 1 fully saturated rings. The molecule has 26 heavy (non-hydrogen) atoms.